The minimum Gasteiger partial charge on any atom is -0.484 e. The third-order valence-corrected chi connectivity index (χ3v) is 9.93. The molecule has 0 radical (unpaired) electrons. The Kier molecular flexibility index (Phi) is 5.11. The minimum atomic E-state index is -3.01. The summed E-state index contributed by atoms with van der Waals surface area (Å²) in [6.07, 6.45) is 8.88. The Morgan fingerprint density at radius 3 is 2.17 bits per heavy atom. The van der Waals surface area contributed by atoms with Gasteiger partial charge in [0.15, 0.2) is 16.4 Å². The first-order chi connectivity index (χ1) is 14.4. The Bertz CT molecular complexity index is 872. The molecule has 1 aliphatic heterocycles. The lowest BCUT2D eigenvalue weighted by molar-refractivity contribution is -0.135. The monoisotopic (exact) mass is 431 g/mol. The highest BCUT2D eigenvalue weighted by Gasteiger charge is 2.51. The van der Waals surface area contributed by atoms with Crippen molar-refractivity contribution in [2.24, 2.45) is 17.8 Å². The molecule has 5 nitrogen and oxygen atoms in total. The number of sulfone groups is 1. The number of benzene rings is 1. The summed E-state index contributed by atoms with van der Waals surface area (Å²) in [7, 11) is -3.01. The van der Waals surface area contributed by atoms with Gasteiger partial charge < -0.3 is 9.64 Å². The number of nitrogens with zero attached hydrogens (tertiary/aromatic N) is 1. The summed E-state index contributed by atoms with van der Waals surface area (Å²) < 4.78 is 29.3. The molecule has 4 aliphatic carbocycles. The van der Waals surface area contributed by atoms with Crippen molar-refractivity contribution in [3.63, 3.8) is 0 Å². The molecule has 1 heterocycles. The maximum absolute atomic E-state index is 12.6. The molecule has 30 heavy (non-hydrogen) atoms. The summed E-state index contributed by atoms with van der Waals surface area (Å²) in [6, 6.07) is 8.24. The lowest BCUT2D eigenvalue weighted by Crippen LogP contribution is -2.48. The lowest BCUT2D eigenvalue weighted by atomic mass is 9.48. The van der Waals surface area contributed by atoms with E-state index in [4.69, 9.17) is 4.74 Å². The van der Waals surface area contributed by atoms with Gasteiger partial charge in [0, 0.05) is 12.6 Å². The molecule has 164 valence electrons. The maximum atomic E-state index is 12.6. The van der Waals surface area contributed by atoms with E-state index in [9.17, 15) is 13.2 Å². The Morgan fingerprint density at radius 1 is 1.07 bits per heavy atom. The summed E-state index contributed by atoms with van der Waals surface area (Å²) in [6.45, 7) is 2.36. The van der Waals surface area contributed by atoms with E-state index in [1.807, 2.05) is 19.1 Å². The quantitative estimate of drug-likeness (QED) is 0.691. The van der Waals surface area contributed by atoms with Crippen LogP contribution in [0.2, 0.25) is 0 Å². The van der Waals surface area contributed by atoms with E-state index in [1.165, 1.54) is 44.1 Å². The van der Waals surface area contributed by atoms with Gasteiger partial charge in [-0.1, -0.05) is 12.1 Å². The van der Waals surface area contributed by atoms with Crippen LogP contribution in [-0.2, 0) is 20.0 Å². The first kappa shape index (κ1) is 20.3. The van der Waals surface area contributed by atoms with Gasteiger partial charge in [-0.05, 0) is 92.7 Å². The average Bonchev–Trinajstić information content (AvgIpc) is 3.05. The van der Waals surface area contributed by atoms with Gasteiger partial charge in [0.05, 0.1) is 11.5 Å². The van der Waals surface area contributed by atoms with Gasteiger partial charge in [-0.15, -0.1) is 0 Å². The smallest absolute Gasteiger partial charge is 0.260 e. The Balaban J connectivity index is 1.21. The number of likely N-dealkylation sites (N-methyl/N-ethyl adjacent to an activating group) is 1. The molecule has 1 atom stereocenters. The van der Waals surface area contributed by atoms with E-state index in [0.717, 1.165) is 17.8 Å². The lowest BCUT2D eigenvalue weighted by Gasteiger charge is -2.57. The van der Waals surface area contributed by atoms with E-state index in [1.54, 1.807) is 4.90 Å². The maximum Gasteiger partial charge on any atom is 0.260 e. The second kappa shape index (κ2) is 7.54. The minimum absolute atomic E-state index is 0.0406. The number of rotatable bonds is 6. The van der Waals surface area contributed by atoms with Crippen LogP contribution in [0.1, 0.15) is 57.4 Å². The molecular weight excluding hydrogens is 398 g/mol. The van der Waals surface area contributed by atoms with Crippen LogP contribution in [0.25, 0.3) is 0 Å². The Labute approximate surface area is 180 Å². The normalized spacial score (nSPS) is 36.0. The van der Waals surface area contributed by atoms with Crippen molar-refractivity contribution in [3.8, 4) is 5.75 Å². The fraction of sp³-hybridized carbons (Fsp3) is 0.708. The van der Waals surface area contributed by atoms with Gasteiger partial charge in [0.1, 0.15) is 5.75 Å². The summed E-state index contributed by atoms with van der Waals surface area (Å²) in [5, 5.41) is 0. The molecule has 0 N–H and O–H groups in total. The van der Waals surface area contributed by atoms with Crippen molar-refractivity contribution in [1.29, 1.82) is 0 Å². The third-order valence-electron chi connectivity index (χ3n) is 8.18. The third kappa shape index (κ3) is 3.76. The van der Waals surface area contributed by atoms with E-state index < -0.39 is 9.84 Å². The number of amides is 1. The highest BCUT2D eigenvalue weighted by Crippen LogP contribution is 2.60. The van der Waals surface area contributed by atoms with Gasteiger partial charge >= 0.3 is 0 Å². The molecule has 5 aliphatic rings. The molecule has 1 saturated heterocycles. The van der Waals surface area contributed by atoms with Crippen LogP contribution in [0.3, 0.4) is 0 Å². The van der Waals surface area contributed by atoms with Gasteiger partial charge in [-0.3, -0.25) is 4.79 Å². The molecule has 4 saturated carbocycles. The second-order valence-corrected chi connectivity index (χ2v) is 12.5. The number of hydrogen-bond donors (Lipinski definition) is 0. The van der Waals surface area contributed by atoms with Crippen molar-refractivity contribution in [3.05, 3.63) is 29.8 Å². The molecule has 1 aromatic carbocycles. The summed E-state index contributed by atoms with van der Waals surface area (Å²) in [5.74, 6) is 3.59. The summed E-state index contributed by atoms with van der Waals surface area (Å²) in [4.78, 5) is 14.3. The van der Waals surface area contributed by atoms with Gasteiger partial charge in [0.2, 0.25) is 0 Å². The molecule has 4 bridgehead atoms. The first-order valence-corrected chi connectivity index (χ1v) is 13.4. The van der Waals surface area contributed by atoms with Gasteiger partial charge in [-0.25, -0.2) is 8.42 Å². The zero-order chi connectivity index (χ0) is 20.9. The van der Waals surface area contributed by atoms with Crippen LogP contribution in [0.5, 0.6) is 5.75 Å². The predicted molar refractivity (Wildman–Crippen MR) is 116 cm³/mol. The standard InChI is InChI=1S/C24H33NO4S/c1-2-25(21-7-8-30(27,28)16-21)23(26)15-29-22-5-3-20(4-6-22)24-12-17-9-18(13-24)11-19(10-17)14-24/h3-6,17-19,21H,2,7-16H2,1H3. The molecule has 5 fully saturated rings. The van der Waals surface area contributed by atoms with E-state index in [0.29, 0.717) is 24.1 Å². The van der Waals surface area contributed by atoms with Crippen molar-refractivity contribution < 1.29 is 17.9 Å². The van der Waals surface area contributed by atoms with Crippen LogP contribution in [0, 0.1) is 17.8 Å². The topological polar surface area (TPSA) is 63.7 Å². The van der Waals surface area contributed by atoms with Crippen LogP contribution < -0.4 is 4.74 Å². The summed E-state index contributed by atoms with van der Waals surface area (Å²) >= 11 is 0. The average molecular weight is 432 g/mol. The fourth-order valence-electron chi connectivity index (χ4n) is 7.26. The molecule has 6 heteroatoms. The van der Waals surface area contributed by atoms with E-state index >= 15 is 0 Å². The molecule has 6 rings (SSSR count). The van der Waals surface area contributed by atoms with Crippen molar-refractivity contribution in [2.75, 3.05) is 24.7 Å². The predicted octanol–water partition coefficient (Wildman–Crippen LogP) is 3.57. The zero-order valence-corrected chi connectivity index (χ0v) is 18.7. The van der Waals surface area contributed by atoms with Gasteiger partial charge in [0.25, 0.3) is 5.91 Å². The molecule has 1 aromatic rings. The number of hydrogen-bond acceptors (Lipinski definition) is 4. The Morgan fingerprint density at radius 2 is 1.67 bits per heavy atom. The van der Waals surface area contributed by atoms with Crippen LogP contribution >= 0.6 is 0 Å². The molecule has 0 aromatic heterocycles. The largest absolute Gasteiger partial charge is 0.484 e. The van der Waals surface area contributed by atoms with Crippen molar-refractivity contribution in [1.82, 2.24) is 4.90 Å². The van der Waals surface area contributed by atoms with Crippen LogP contribution in [-0.4, -0.2) is 49.9 Å². The van der Waals surface area contributed by atoms with E-state index in [-0.39, 0.29) is 30.1 Å². The fourth-order valence-corrected chi connectivity index (χ4v) is 8.99. The first-order valence-electron chi connectivity index (χ1n) is 11.6. The number of ether oxygens (including phenoxy) is 1. The van der Waals surface area contributed by atoms with Crippen molar-refractivity contribution >= 4 is 15.7 Å². The molecule has 1 unspecified atom stereocenters. The second-order valence-electron chi connectivity index (χ2n) is 10.2. The molecule has 0 spiro atoms. The molecular formula is C24H33NO4S. The van der Waals surface area contributed by atoms with Crippen LogP contribution in [0.15, 0.2) is 24.3 Å². The van der Waals surface area contributed by atoms with Crippen LogP contribution in [0.4, 0.5) is 0 Å². The van der Waals surface area contributed by atoms with Crippen molar-refractivity contribution in [2.45, 2.75) is 63.3 Å². The number of carbonyl (C=O) groups is 1. The Hall–Kier alpha value is -1.56. The number of carbonyl (C=O) groups excluding carboxylic acids is 1. The highest BCUT2D eigenvalue weighted by atomic mass is 32.2. The summed E-state index contributed by atoms with van der Waals surface area (Å²) in [5.41, 5.74) is 1.82. The SMILES string of the molecule is CCN(C(=O)COc1ccc(C23CC4CC(CC(C4)C2)C3)cc1)C1CCS(=O)(=O)C1. The van der Waals surface area contributed by atoms with Gasteiger partial charge in [-0.2, -0.15) is 0 Å². The highest BCUT2D eigenvalue weighted by molar-refractivity contribution is 7.91. The zero-order valence-electron chi connectivity index (χ0n) is 17.9. The van der Waals surface area contributed by atoms with E-state index in [2.05, 4.69) is 12.1 Å². The molecule has 1 amide bonds.